The maximum absolute atomic E-state index is 12.1. The van der Waals surface area contributed by atoms with Crippen molar-refractivity contribution < 1.29 is 14.4 Å². The van der Waals surface area contributed by atoms with Crippen LogP contribution in [-0.4, -0.2) is 35.7 Å². The number of rotatable bonds is 6. The Morgan fingerprint density at radius 2 is 1.81 bits per heavy atom. The zero-order chi connectivity index (χ0) is 20.4. The zero-order valence-corrected chi connectivity index (χ0v) is 17.1. The van der Waals surface area contributed by atoms with E-state index in [1.165, 1.54) is 7.11 Å². The van der Waals surface area contributed by atoms with Gasteiger partial charge in [0.25, 0.3) is 5.91 Å². The number of hydrogen-bond acceptors (Lipinski definition) is 6. The monoisotopic (exact) mass is 372 g/mol. The molecule has 0 aliphatic carbocycles. The maximum atomic E-state index is 12.1. The van der Waals surface area contributed by atoms with Crippen molar-refractivity contribution >= 4 is 11.6 Å². The average molecular weight is 372 g/mol. The third-order valence-corrected chi connectivity index (χ3v) is 3.72. The number of nitrogens with zero attached hydrogens (tertiary/aromatic N) is 3. The molecule has 0 saturated heterocycles. The van der Waals surface area contributed by atoms with Crippen LogP contribution in [0.15, 0.2) is 29.4 Å². The van der Waals surface area contributed by atoms with Gasteiger partial charge in [0.2, 0.25) is 5.88 Å². The molecule has 1 N–H and O–H groups in total. The van der Waals surface area contributed by atoms with E-state index in [2.05, 4.69) is 20.4 Å². The quantitative estimate of drug-likeness (QED) is 0.622. The lowest BCUT2D eigenvalue weighted by Crippen LogP contribution is -2.29. The van der Waals surface area contributed by atoms with Gasteiger partial charge in [-0.1, -0.05) is 43.3 Å². The fourth-order valence-corrected chi connectivity index (χ4v) is 2.32. The van der Waals surface area contributed by atoms with E-state index in [9.17, 15) is 4.79 Å². The van der Waals surface area contributed by atoms with Crippen LogP contribution in [0.3, 0.4) is 0 Å². The Balaban J connectivity index is 0.00000176. The van der Waals surface area contributed by atoms with E-state index in [0.29, 0.717) is 17.3 Å². The molecule has 0 bridgehead atoms. The minimum Gasteiger partial charge on any atom is -0.472 e. The molecule has 1 heterocycles. The van der Waals surface area contributed by atoms with Gasteiger partial charge >= 0.3 is 0 Å². The number of aromatic nitrogens is 2. The maximum Gasteiger partial charge on any atom is 0.273 e. The van der Waals surface area contributed by atoms with Crippen molar-refractivity contribution in [3.63, 3.8) is 0 Å². The van der Waals surface area contributed by atoms with Crippen LogP contribution in [0.4, 0.5) is 0 Å². The van der Waals surface area contributed by atoms with Crippen LogP contribution in [0.1, 0.15) is 42.1 Å². The Bertz CT molecular complexity index is 804. The van der Waals surface area contributed by atoms with Gasteiger partial charge in [0.15, 0.2) is 5.71 Å². The number of amides is 1. The molecule has 1 aromatic heterocycles. The molecule has 0 spiro atoms. The predicted octanol–water partition coefficient (Wildman–Crippen LogP) is 3.10. The summed E-state index contributed by atoms with van der Waals surface area (Å²) < 4.78 is 5.89. The second-order valence-electron chi connectivity index (χ2n) is 5.43. The van der Waals surface area contributed by atoms with Crippen LogP contribution in [0.2, 0.25) is 0 Å². The van der Waals surface area contributed by atoms with Gasteiger partial charge in [-0.15, -0.1) is 0 Å². The fourth-order valence-electron chi connectivity index (χ4n) is 2.32. The van der Waals surface area contributed by atoms with Crippen molar-refractivity contribution in [2.24, 2.45) is 5.16 Å². The molecular weight excluding hydrogens is 344 g/mol. The third kappa shape index (κ3) is 5.77. The summed E-state index contributed by atoms with van der Waals surface area (Å²) in [4.78, 5) is 25.6. The fraction of sp³-hybridized carbons (Fsp3) is 0.400. The number of hydrogen-bond donors (Lipinski definition) is 1. The third-order valence-electron chi connectivity index (χ3n) is 3.72. The highest BCUT2D eigenvalue weighted by molar-refractivity contribution is 6.45. The number of carbonyl (C=O) groups is 1. The number of ether oxygens (including phenoxy) is 1. The molecule has 0 aliphatic rings. The van der Waals surface area contributed by atoms with Gasteiger partial charge in [-0.2, -0.15) is 4.98 Å². The molecule has 1 amide bonds. The first-order chi connectivity index (χ1) is 13.0. The highest BCUT2D eigenvalue weighted by Gasteiger charge is 2.18. The summed E-state index contributed by atoms with van der Waals surface area (Å²) >= 11 is 0. The van der Waals surface area contributed by atoms with Crippen LogP contribution in [-0.2, 0) is 16.2 Å². The van der Waals surface area contributed by atoms with E-state index in [4.69, 9.17) is 9.57 Å². The van der Waals surface area contributed by atoms with Crippen molar-refractivity contribution in [2.45, 2.75) is 41.2 Å². The zero-order valence-electron chi connectivity index (χ0n) is 17.1. The second kappa shape index (κ2) is 10.9. The molecule has 0 unspecified atom stereocenters. The Hall–Kier alpha value is -2.96. The van der Waals surface area contributed by atoms with Crippen LogP contribution in [0.25, 0.3) is 0 Å². The Morgan fingerprint density at radius 1 is 1.15 bits per heavy atom. The Morgan fingerprint density at radius 3 is 2.44 bits per heavy atom. The van der Waals surface area contributed by atoms with Gasteiger partial charge in [0.1, 0.15) is 19.5 Å². The normalized spacial score (nSPS) is 10.6. The number of nitrogens with one attached hydrogen (secondary N) is 1. The van der Waals surface area contributed by atoms with E-state index < -0.39 is 0 Å². The second-order valence-corrected chi connectivity index (χ2v) is 5.43. The van der Waals surface area contributed by atoms with Crippen LogP contribution in [0, 0.1) is 20.8 Å². The summed E-state index contributed by atoms with van der Waals surface area (Å²) in [6, 6.07) is 7.38. The van der Waals surface area contributed by atoms with Gasteiger partial charge in [-0.3, -0.25) is 4.79 Å². The van der Waals surface area contributed by atoms with Crippen LogP contribution in [0.5, 0.6) is 5.88 Å². The summed E-state index contributed by atoms with van der Waals surface area (Å²) in [5.74, 6) is 0.850. The first kappa shape index (κ1) is 22.1. The van der Waals surface area contributed by atoms with Gasteiger partial charge < -0.3 is 14.9 Å². The SMILES string of the molecule is CC.CNC(=O)/C(=N/OC)c1ccccc1COc1nc(C)nc(C)c1C. The standard InChI is InChI=1S/C18H22N4O3.C2H6/c1-11-12(2)20-13(3)21-18(11)25-10-14-8-6-7-9-15(14)16(22-24-5)17(23)19-4;1-2/h6-9H,10H2,1-5H3,(H,19,23);1-2H3/b22-16+;. The summed E-state index contributed by atoms with van der Waals surface area (Å²) in [5.41, 5.74) is 3.40. The Labute approximate surface area is 160 Å². The highest BCUT2D eigenvalue weighted by Crippen LogP contribution is 2.20. The minimum absolute atomic E-state index is 0.191. The molecule has 0 saturated carbocycles. The number of oxime groups is 1. The van der Waals surface area contributed by atoms with Crippen molar-refractivity contribution in [1.29, 1.82) is 0 Å². The van der Waals surface area contributed by atoms with Crippen molar-refractivity contribution in [2.75, 3.05) is 14.2 Å². The summed E-state index contributed by atoms with van der Waals surface area (Å²) in [6.07, 6.45) is 0. The number of likely N-dealkylation sites (N-methyl/N-ethyl adjacent to an activating group) is 1. The molecule has 0 radical (unpaired) electrons. The average Bonchev–Trinajstić information content (AvgIpc) is 2.69. The lowest BCUT2D eigenvalue weighted by Gasteiger charge is -2.13. The van der Waals surface area contributed by atoms with Crippen LogP contribution < -0.4 is 10.1 Å². The van der Waals surface area contributed by atoms with Gasteiger partial charge in [0, 0.05) is 23.9 Å². The number of carbonyl (C=O) groups excluding carboxylic acids is 1. The summed E-state index contributed by atoms with van der Waals surface area (Å²) in [5, 5.41) is 6.41. The molecule has 2 rings (SSSR count). The molecule has 0 aliphatic heterocycles. The Kier molecular flexibility index (Phi) is 8.92. The van der Waals surface area contributed by atoms with E-state index in [1.807, 2.05) is 52.8 Å². The minimum atomic E-state index is -0.334. The van der Waals surface area contributed by atoms with Crippen molar-refractivity contribution in [1.82, 2.24) is 15.3 Å². The molecule has 0 atom stereocenters. The molecule has 146 valence electrons. The van der Waals surface area contributed by atoms with E-state index in [1.54, 1.807) is 13.1 Å². The predicted molar refractivity (Wildman–Crippen MR) is 106 cm³/mol. The van der Waals surface area contributed by atoms with Gasteiger partial charge in [-0.05, 0) is 26.3 Å². The molecule has 7 nitrogen and oxygen atoms in total. The first-order valence-electron chi connectivity index (χ1n) is 8.84. The van der Waals surface area contributed by atoms with Gasteiger partial charge in [-0.25, -0.2) is 4.98 Å². The smallest absolute Gasteiger partial charge is 0.273 e. The topological polar surface area (TPSA) is 85.7 Å². The lowest BCUT2D eigenvalue weighted by atomic mass is 10.0. The molecule has 1 aromatic carbocycles. The molecule has 0 fully saturated rings. The number of aryl methyl sites for hydroxylation is 2. The molecule has 7 heteroatoms. The summed E-state index contributed by atoms with van der Waals surface area (Å²) in [6.45, 7) is 9.90. The summed E-state index contributed by atoms with van der Waals surface area (Å²) in [7, 11) is 2.94. The van der Waals surface area contributed by atoms with Crippen molar-refractivity contribution in [3.05, 3.63) is 52.5 Å². The molecular formula is C20H28N4O3. The van der Waals surface area contributed by atoms with Crippen molar-refractivity contribution in [3.8, 4) is 5.88 Å². The first-order valence-corrected chi connectivity index (χ1v) is 8.84. The molecule has 27 heavy (non-hydrogen) atoms. The molecule has 2 aromatic rings. The largest absolute Gasteiger partial charge is 0.472 e. The van der Waals surface area contributed by atoms with E-state index in [0.717, 1.165) is 16.8 Å². The van der Waals surface area contributed by atoms with Crippen LogP contribution >= 0.6 is 0 Å². The lowest BCUT2D eigenvalue weighted by molar-refractivity contribution is -0.114. The van der Waals surface area contributed by atoms with E-state index in [-0.39, 0.29) is 18.2 Å². The highest BCUT2D eigenvalue weighted by atomic mass is 16.6. The van der Waals surface area contributed by atoms with Gasteiger partial charge in [0.05, 0.1) is 0 Å². The van der Waals surface area contributed by atoms with E-state index >= 15 is 0 Å². The number of benzene rings is 1.